The highest BCUT2D eigenvalue weighted by atomic mass is 16.7. The summed E-state index contributed by atoms with van der Waals surface area (Å²) in [5.41, 5.74) is 0. The molecule has 0 aromatic rings. The summed E-state index contributed by atoms with van der Waals surface area (Å²) in [4.78, 5) is 10.5. The van der Waals surface area contributed by atoms with E-state index in [-0.39, 0.29) is 19.3 Å². The summed E-state index contributed by atoms with van der Waals surface area (Å²) < 4.78 is 10.8. The molecule has 0 aliphatic carbocycles. The third-order valence-corrected chi connectivity index (χ3v) is 2.34. The van der Waals surface area contributed by atoms with Crippen LogP contribution in [0.1, 0.15) is 32.1 Å². The van der Waals surface area contributed by atoms with Crippen LogP contribution in [-0.2, 0) is 14.3 Å². The van der Waals surface area contributed by atoms with Crippen LogP contribution in [0.4, 0.5) is 0 Å². The van der Waals surface area contributed by atoms with Gasteiger partial charge in [0.25, 0.3) is 0 Å². The first-order valence-corrected chi connectivity index (χ1v) is 5.32. The third-order valence-electron chi connectivity index (χ3n) is 2.34. The number of carbonyl (C=O) groups is 1. The van der Waals surface area contributed by atoms with Gasteiger partial charge in [-0.3, -0.25) is 4.79 Å². The molecular formula is C10H18O5. The highest BCUT2D eigenvalue weighted by Crippen LogP contribution is 2.17. The first-order valence-electron chi connectivity index (χ1n) is 5.32. The van der Waals surface area contributed by atoms with Gasteiger partial charge < -0.3 is 19.7 Å². The van der Waals surface area contributed by atoms with Crippen molar-refractivity contribution in [3.05, 3.63) is 0 Å². The molecule has 0 aromatic heterocycles. The standard InChI is InChI=1S/C10H18O5/c11-5-4-8(7-9(12)13)15-10-3-1-2-6-14-10/h8,10-11H,1-7H2,(H,12,13). The molecule has 0 saturated carbocycles. The Morgan fingerprint density at radius 3 is 2.87 bits per heavy atom. The van der Waals surface area contributed by atoms with Crippen LogP contribution in [0.3, 0.4) is 0 Å². The van der Waals surface area contributed by atoms with Gasteiger partial charge >= 0.3 is 5.97 Å². The van der Waals surface area contributed by atoms with Crippen LogP contribution in [0.15, 0.2) is 0 Å². The largest absolute Gasteiger partial charge is 0.481 e. The summed E-state index contributed by atoms with van der Waals surface area (Å²) in [6.45, 7) is 0.605. The van der Waals surface area contributed by atoms with Gasteiger partial charge in [0, 0.05) is 13.2 Å². The lowest BCUT2D eigenvalue weighted by Crippen LogP contribution is -2.30. The van der Waals surface area contributed by atoms with E-state index < -0.39 is 12.1 Å². The van der Waals surface area contributed by atoms with Crippen molar-refractivity contribution in [3.63, 3.8) is 0 Å². The number of aliphatic carboxylic acids is 1. The molecule has 1 aliphatic heterocycles. The molecule has 2 N–H and O–H groups in total. The van der Waals surface area contributed by atoms with Crippen LogP contribution in [0.25, 0.3) is 0 Å². The minimum Gasteiger partial charge on any atom is -0.481 e. The fourth-order valence-electron chi connectivity index (χ4n) is 1.59. The first-order chi connectivity index (χ1) is 7.22. The number of ether oxygens (including phenoxy) is 2. The summed E-state index contributed by atoms with van der Waals surface area (Å²) in [7, 11) is 0. The van der Waals surface area contributed by atoms with Crippen molar-refractivity contribution in [2.75, 3.05) is 13.2 Å². The first kappa shape index (κ1) is 12.4. The van der Waals surface area contributed by atoms with Crippen molar-refractivity contribution >= 4 is 5.97 Å². The van der Waals surface area contributed by atoms with E-state index in [1.54, 1.807) is 0 Å². The van der Waals surface area contributed by atoms with Gasteiger partial charge in [0.15, 0.2) is 6.29 Å². The molecule has 0 amide bonds. The van der Waals surface area contributed by atoms with E-state index in [1.807, 2.05) is 0 Å². The van der Waals surface area contributed by atoms with Crippen molar-refractivity contribution in [2.45, 2.75) is 44.5 Å². The monoisotopic (exact) mass is 218 g/mol. The zero-order valence-electron chi connectivity index (χ0n) is 8.72. The van der Waals surface area contributed by atoms with E-state index in [2.05, 4.69) is 0 Å². The number of carboxylic acids is 1. The van der Waals surface area contributed by atoms with Gasteiger partial charge in [0.1, 0.15) is 0 Å². The lowest BCUT2D eigenvalue weighted by atomic mass is 10.1. The number of aliphatic hydroxyl groups excluding tert-OH is 1. The summed E-state index contributed by atoms with van der Waals surface area (Å²) >= 11 is 0. The van der Waals surface area contributed by atoms with E-state index in [0.29, 0.717) is 13.0 Å². The maximum absolute atomic E-state index is 10.5. The van der Waals surface area contributed by atoms with Crippen LogP contribution in [0.2, 0.25) is 0 Å². The van der Waals surface area contributed by atoms with Crippen LogP contribution in [0, 0.1) is 0 Å². The average Bonchev–Trinajstić information content (AvgIpc) is 2.18. The van der Waals surface area contributed by atoms with Crippen LogP contribution in [0.5, 0.6) is 0 Å². The Balaban J connectivity index is 2.31. The predicted octanol–water partition coefficient (Wildman–Crippen LogP) is 0.755. The van der Waals surface area contributed by atoms with Gasteiger partial charge in [0.2, 0.25) is 0 Å². The Morgan fingerprint density at radius 1 is 1.53 bits per heavy atom. The molecule has 0 radical (unpaired) electrons. The maximum Gasteiger partial charge on any atom is 0.305 e. The molecule has 1 fully saturated rings. The van der Waals surface area contributed by atoms with Crippen molar-refractivity contribution in [2.24, 2.45) is 0 Å². The van der Waals surface area contributed by atoms with Crippen molar-refractivity contribution in [1.82, 2.24) is 0 Å². The van der Waals surface area contributed by atoms with Crippen molar-refractivity contribution in [1.29, 1.82) is 0 Å². The number of carboxylic acid groups (broad SMARTS) is 1. The van der Waals surface area contributed by atoms with Gasteiger partial charge in [-0.25, -0.2) is 0 Å². The van der Waals surface area contributed by atoms with Gasteiger partial charge in [0.05, 0.1) is 12.5 Å². The summed E-state index contributed by atoms with van der Waals surface area (Å²) in [5.74, 6) is -0.913. The molecule has 5 heteroatoms. The summed E-state index contributed by atoms with van der Waals surface area (Å²) in [5, 5.41) is 17.4. The van der Waals surface area contributed by atoms with E-state index in [0.717, 1.165) is 19.3 Å². The molecular weight excluding hydrogens is 200 g/mol. The Labute approximate surface area is 89.0 Å². The molecule has 2 atom stereocenters. The fourth-order valence-corrected chi connectivity index (χ4v) is 1.59. The zero-order chi connectivity index (χ0) is 11.1. The minimum atomic E-state index is -0.913. The van der Waals surface area contributed by atoms with Crippen molar-refractivity contribution < 1.29 is 24.5 Å². The van der Waals surface area contributed by atoms with Crippen LogP contribution >= 0.6 is 0 Å². The number of hydrogen-bond donors (Lipinski definition) is 2. The smallest absolute Gasteiger partial charge is 0.305 e. The molecule has 1 saturated heterocycles. The van der Waals surface area contributed by atoms with Crippen LogP contribution < -0.4 is 0 Å². The van der Waals surface area contributed by atoms with E-state index in [9.17, 15) is 4.79 Å². The molecule has 5 nitrogen and oxygen atoms in total. The zero-order valence-corrected chi connectivity index (χ0v) is 8.72. The predicted molar refractivity (Wildman–Crippen MR) is 52.4 cm³/mol. The molecule has 88 valence electrons. The SMILES string of the molecule is O=C(O)CC(CCO)OC1CCCCO1. The van der Waals surface area contributed by atoms with Gasteiger partial charge in [-0.05, 0) is 25.7 Å². The van der Waals surface area contributed by atoms with Crippen molar-refractivity contribution in [3.8, 4) is 0 Å². The topological polar surface area (TPSA) is 76.0 Å². The number of hydrogen-bond acceptors (Lipinski definition) is 4. The number of rotatable bonds is 6. The second kappa shape index (κ2) is 6.76. The highest BCUT2D eigenvalue weighted by molar-refractivity contribution is 5.67. The third kappa shape index (κ3) is 5.11. The lowest BCUT2D eigenvalue weighted by Gasteiger charge is -2.26. The van der Waals surface area contributed by atoms with Gasteiger partial charge in [-0.2, -0.15) is 0 Å². The molecule has 0 aromatic carbocycles. The average molecular weight is 218 g/mol. The highest BCUT2D eigenvalue weighted by Gasteiger charge is 2.21. The quantitative estimate of drug-likeness (QED) is 0.688. The molecule has 0 bridgehead atoms. The van der Waals surface area contributed by atoms with E-state index >= 15 is 0 Å². The molecule has 15 heavy (non-hydrogen) atoms. The molecule has 1 aliphatic rings. The fraction of sp³-hybridized carbons (Fsp3) is 0.900. The molecule has 1 rings (SSSR count). The Kier molecular flexibility index (Phi) is 5.60. The Morgan fingerprint density at radius 2 is 2.33 bits per heavy atom. The Bertz CT molecular complexity index is 188. The van der Waals surface area contributed by atoms with Crippen LogP contribution in [-0.4, -0.2) is 41.8 Å². The summed E-state index contributed by atoms with van der Waals surface area (Å²) in [6.07, 6.45) is 2.39. The number of aliphatic hydroxyl groups is 1. The molecule has 2 unspecified atom stereocenters. The molecule has 0 spiro atoms. The Hall–Kier alpha value is -0.650. The second-order valence-electron chi connectivity index (χ2n) is 3.66. The maximum atomic E-state index is 10.5. The van der Waals surface area contributed by atoms with E-state index in [4.69, 9.17) is 19.7 Å². The lowest BCUT2D eigenvalue weighted by molar-refractivity contribution is -0.194. The minimum absolute atomic E-state index is 0.0648. The molecule has 1 heterocycles. The summed E-state index contributed by atoms with van der Waals surface area (Å²) in [6, 6.07) is 0. The second-order valence-corrected chi connectivity index (χ2v) is 3.66. The van der Waals surface area contributed by atoms with Gasteiger partial charge in [-0.15, -0.1) is 0 Å². The van der Waals surface area contributed by atoms with E-state index in [1.165, 1.54) is 0 Å². The normalized spacial score (nSPS) is 23.7. The van der Waals surface area contributed by atoms with Gasteiger partial charge in [-0.1, -0.05) is 0 Å².